The molecule has 2 heterocycles. The van der Waals surface area contributed by atoms with Gasteiger partial charge in [0.25, 0.3) is 11.4 Å². The molecule has 120 valence electrons. The highest BCUT2D eigenvalue weighted by Gasteiger charge is 2.51. The first-order valence-corrected chi connectivity index (χ1v) is 6.54. The van der Waals surface area contributed by atoms with Gasteiger partial charge in [-0.15, -0.1) is 0 Å². The van der Waals surface area contributed by atoms with E-state index in [9.17, 15) is 30.1 Å². The molecular formula is C13H10N2O8. The molecule has 4 atom stereocenters. The summed E-state index contributed by atoms with van der Waals surface area (Å²) in [5, 5.41) is 32.6. The molecule has 23 heavy (non-hydrogen) atoms. The summed E-state index contributed by atoms with van der Waals surface area (Å²) in [5.74, 6) is -0.688. The lowest BCUT2D eigenvalue weighted by molar-refractivity contribution is -0.396. The normalized spacial score (nSPS) is 29.0. The van der Waals surface area contributed by atoms with Crippen LogP contribution in [0.5, 0.6) is 0 Å². The Morgan fingerprint density at radius 2 is 1.74 bits per heavy atom. The molecule has 1 saturated heterocycles. The zero-order valence-electron chi connectivity index (χ0n) is 11.4. The number of esters is 1. The summed E-state index contributed by atoms with van der Waals surface area (Å²) in [4.78, 5) is 32.0. The van der Waals surface area contributed by atoms with E-state index in [1.165, 1.54) is 12.1 Å². The summed E-state index contributed by atoms with van der Waals surface area (Å²) in [6, 6.07) is 3.35. The molecule has 0 saturated carbocycles. The summed E-state index contributed by atoms with van der Waals surface area (Å²) in [5.41, 5.74) is -1.44. The predicted molar refractivity (Wildman–Crippen MR) is 72.4 cm³/mol. The van der Waals surface area contributed by atoms with Gasteiger partial charge in [-0.25, -0.2) is 4.79 Å². The van der Waals surface area contributed by atoms with E-state index in [0.717, 1.165) is 18.2 Å². The number of nitrogens with zero attached hydrogens (tertiary/aromatic N) is 2. The first-order chi connectivity index (χ1) is 10.9. The Morgan fingerprint density at radius 1 is 1.13 bits per heavy atom. The second kappa shape index (κ2) is 5.41. The quantitative estimate of drug-likeness (QED) is 0.489. The lowest BCUT2D eigenvalue weighted by Crippen LogP contribution is -2.37. The van der Waals surface area contributed by atoms with Crippen LogP contribution in [0.2, 0.25) is 0 Å². The van der Waals surface area contributed by atoms with Gasteiger partial charge in [-0.3, -0.25) is 20.2 Å². The molecule has 2 aliphatic rings. The number of hydrogen-bond donors (Lipinski definition) is 1. The fraction of sp³-hybridized carbons (Fsp3) is 0.308. The maximum atomic E-state index is 11.3. The molecule has 1 aromatic rings. The second-order valence-corrected chi connectivity index (χ2v) is 5.00. The Hall–Kier alpha value is -2.85. The number of nitro benzene ring substituents is 2. The molecule has 0 radical (unpaired) electrons. The summed E-state index contributed by atoms with van der Waals surface area (Å²) < 4.78 is 10.4. The van der Waals surface area contributed by atoms with Crippen LogP contribution in [0.15, 0.2) is 30.4 Å². The minimum atomic E-state index is -1.46. The summed E-state index contributed by atoms with van der Waals surface area (Å²) >= 11 is 0. The molecule has 0 aromatic heterocycles. The van der Waals surface area contributed by atoms with Crippen molar-refractivity contribution >= 4 is 17.3 Å². The van der Waals surface area contributed by atoms with Gasteiger partial charge >= 0.3 is 5.97 Å². The molecule has 0 spiro atoms. The molecule has 0 amide bonds. The zero-order chi connectivity index (χ0) is 16.7. The number of aliphatic hydroxyl groups is 1. The van der Waals surface area contributed by atoms with Crippen molar-refractivity contribution in [3.05, 3.63) is 56.1 Å². The number of aliphatic hydroxyl groups excluding tert-OH is 1. The van der Waals surface area contributed by atoms with Crippen molar-refractivity contribution in [2.24, 2.45) is 0 Å². The number of nitro groups is 2. The number of carbonyl (C=O) groups excluding carboxylic acids is 1. The van der Waals surface area contributed by atoms with E-state index in [1.54, 1.807) is 0 Å². The molecule has 10 nitrogen and oxygen atoms in total. The predicted octanol–water partition coefficient (Wildman–Crippen LogP) is 0.785. The molecule has 3 rings (SSSR count). The van der Waals surface area contributed by atoms with Crippen molar-refractivity contribution in [2.75, 3.05) is 0 Å². The first kappa shape index (κ1) is 15.1. The van der Waals surface area contributed by atoms with Crippen LogP contribution in [-0.4, -0.2) is 39.2 Å². The van der Waals surface area contributed by atoms with E-state index in [0.29, 0.717) is 0 Å². The summed E-state index contributed by atoms with van der Waals surface area (Å²) in [6.45, 7) is 0. The Morgan fingerprint density at radius 3 is 2.30 bits per heavy atom. The number of rotatable bonds is 3. The van der Waals surface area contributed by atoms with E-state index in [1.807, 2.05) is 0 Å². The minimum absolute atomic E-state index is 0.353. The topological polar surface area (TPSA) is 142 Å². The number of carbonyl (C=O) groups is 1. The third-order valence-electron chi connectivity index (χ3n) is 3.69. The monoisotopic (exact) mass is 322 g/mol. The smallest absolute Gasteiger partial charge is 0.330 e. The third kappa shape index (κ3) is 2.43. The molecule has 2 aliphatic heterocycles. The van der Waals surface area contributed by atoms with Crippen molar-refractivity contribution in [1.29, 1.82) is 0 Å². The zero-order valence-corrected chi connectivity index (χ0v) is 11.4. The van der Waals surface area contributed by atoms with Crippen molar-refractivity contribution < 1.29 is 29.2 Å². The lowest BCUT2D eigenvalue weighted by atomic mass is 9.97. The number of fused-ring (bicyclic) bond motifs is 1. The Bertz CT molecular complexity index is 698. The van der Waals surface area contributed by atoms with Crippen molar-refractivity contribution in [2.45, 2.75) is 24.4 Å². The molecule has 1 N–H and O–H groups in total. The van der Waals surface area contributed by atoms with Gasteiger partial charge in [0.05, 0.1) is 9.85 Å². The van der Waals surface area contributed by atoms with Crippen LogP contribution in [0.3, 0.4) is 0 Å². The van der Waals surface area contributed by atoms with Gasteiger partial charge in [0.15, 0.2) is 6.10 Å². The summed E-state index contributed by atoms with van der Waals surface area (Å²) in [6.07, 6.45) is -2.27. The van der Waals surface area contributed by atoms with Gasteiger partial charge in [-0.05, 0) is 12.1 Å². The standard InChI is InChI=1S/C13H10N2O8/c16-9-5-4-8-12(23-9)11(17)13(22-8)10-6(14(18)19)2-1-3-7(10)15(20)21/h1-5,8,11-13,17H/t8-,11-,12+,13+/m0/s1. The molecule has 1 aromatic carbocycles. The largest absolute Gasteiger partial charge is 0.453 e. The van der Waals surface area contributed by atoms with Gasteiger partial charge in [-0.1, -0.05) is 0 Å². The van der Waals surface area contributed by atoms with Gasteiger partial charge in [0, 0.05) is 18.2 Å². The van der Waals surface area contributed by atoms with E-state index < -0.39 is 51.6 Å². The molecule has 0 unspecified atom stereocenters. The van der Waals surface area contributed by atoms with E-state index in [2.05, 4.69) is 0 Å². The van der Waals surface area contributed by atoms with Crippen LogP contribution < -0.4 is 0 Å². The Labute approximate surface area is 128 Å². The van der Waals surface area contributed by atoms with Crippen molar-refractivity contribution in [3.63, 3.8) is 0 Å². The van der Waals surface area contributed by atoms with Gasteiger partial charge in [-0.2, -0.15) is 0 Å². The molecule has 1 fully saturated rings. The molecule has 0 bridgehead atoms. The maximum absolute atomic E-state index is 11.3. The van der Waals surface area contributed by atoms with Gasteiger partial charge < -0.3 is 14.6 Å². The molecular weight excluding hydrogens is 312 g/mol. The fourth-order valence-electron chi connectivity index (χ4n) is 2.72. The molecule has 10 heteroatoms. The second-order valence-electron chi connectivity index (χ2n) is 5.00. The minimum Gasteiger partial charge on any atom is -0.453 e. The fourth-order valence-corrected chi connectivity index (χ4v) is 2.72. The van der Waals surface area contributed by atoms with Crippen LogP contribution in [0, 0.1) is 20.2 Å². The first-order valence-electron chi connectivity index (χ1n) is 6.54. The Kier molecular flexibility index (Phi) is 3.54. The van der Waals surface area contributed by atoms with E-state index in [4.69, 9.17) is 9.47 Å². The number of benzene rings is 1. The SMILES string of the molecule is O=C1C=C[C@@H]2O[C@H](c3c([N+](=O)[O-])cccc3[N+](=O)[O-])[C@@H](O)[C@@H]2O1. The Balaban J connectivity index is 2.08. The average Bonchev–Trinajstić information content (AvgIpc) is 2.83. The highest BCUT2D eigenvalue weighted by Crippen LogP contribution is 2.44. The van der Waals surface area contributed by atoms with E-state index in [-0.39, 0.29) is 5.56 Å². The number of hydrogen-bond acceptors (Lipinski definition) is 8. The van der Waals surface area contributed by atoms with Crippen molar-refractivity contribution in [1.82, 2.24) is 0 Å². The van der Waals surface area contributed by atoms with Gasteiger partial charge in [0.2, 0.25) is 0 Å². The highest BCUT2D eigenvalue weighted by atomic mass is 16.6. The van der Waals surface area contributed by atoms with Crippen LogP contribution in [0.4, 0.5) is 11.4 Å². The van der Waals surface area contributed by atoms with Crippen LogP contribution in [-0.2, 0) is 14.3 Å². The number of ether oxygens (including phenoxy) is 2. The average molecular weight is 322 g/mol. The van der Waals surface area contributed by atoms with Crippen LogP contribution in [0.25, 0.3) is 0 Å². The van der Waals surface area contributed by atoms with E-state index >= 15 is 0 Å². The van der Waals surface area contributed by atoms with Crippen LogP contribution in [0.1, 0.15) is 11.7 Å². The maximum Gasteiger partial charge on any atom is 0.330 e. The highest BCUT2D eigenvalue weighted by molar-refractivity contribution is 5.83. The third-order valence-corrected chi connectivity index (χ3v) is 3.69. The lowest BCUT2D eigenvalue weighted by Gasteiger charge is -2.20. The van der Waals surface area contributed by atoms with Crippen LogP contribution >= 0.6 is 0 Å². The summed E-state index contributed by atoms with van der Waals surface area (Å²) in [7, 11) is 0. The van der Waals surface area contributed by atoms with Gasteiger partial charge in [0.1, 0.15) is 23.9 Å². The molecule has 0 aliphatic carbocycles. The van der Waals surface area contributed by atoms with Crippen molar-refractivity contribution in [3.8, 4) is 0 Å².